The zero-order valence-electron chi connectivity index (χ0n) is 9.42. The molecule has 0 unspecified atom stereocenters. The van der Waals surface area contributed by atoms with Crippen LogP contribution >= 0.6 is 11.8 Å². The molecule has 2 nitrogen and oxygen atoms in total. The van der Waals surface area contributed by atoms with Crippen molar-refractivity contribution < 1.29 is 0 Å². The number of aryl methyl sites for hydroxylation is 1. The third-order valence-corrected chi connectivity index (χ3v) is 4.37. The van der Waals surface area contributed by atoms with Crippen LogP contribution < -0.4 is 5.32 Å². The molecule has 1 aliphatic rings. The summed E-state index contributed by atoms with van der Waals surface area (Å²) in [7, 11) is 0. The number of nitrogens with one attached hydrogen (secondary N) is 1. The molecule has 1 heterocycles. The Morgan fingerprint density at radius 3 is 2.87 bits per heavy atom. The predicted molar refractivity (Wildman–Crippen MR) is 66.2 cm³/mol. The average Bonchev–Trinajstić information content (AvgIpc) is 2.99. The third-order valence-electron chi connectivity index (χ3n) is 2.95. The lowest BCUT2D eigenvalue weighted by Gasteiger charge is -2.12. The number of hydrogen-bond donors (Lipinski definition) is 1. The van der Waals surface area contributed by atoms with E-state index >= 15 is 0 Å². The van der Waals surface area contributed by atoms with Gasteiger partial charge < -0.3 is 5.32 Å². The second kappa shape index (κ2) is 4.54. The highest BCUT2D eigenvalue weighted by atomic mass is 32.2. The van der Waals surface area contributed by atoms with Gasteiger partial charge in [-0.05, 0) is 37.1 Å². The lowest BCUT2D eigenvalue weighted by molar-refractivity contribution is 0.661. The first-order valence-corrected chi connectivity index (χ1v) is 6.63. The van der Waals surface area contributed by atoms with Gasteiger partial charge in [0, 0.05) is 30.2 Å². The van der Waals surface area contributed by atoms with Gasteiger partial charge >= 0.3 is 0 Å². The smallest absolute Gasteiger partial charge is 0.0313 e. The normalized spacial score (nSPS) is 17.7. The summed E-state index contributed by atoms with van der Waals surface area (Å²) >= 11 is 2.00. The number of rotatable bonds is 5. The van der Waals surface area contributed by atoms with Crippen LogP contribution in [0.2, 0.25) is 0 Å². The van der Waals surface area contributed by atoms with Crippen molar-refractivity contribution in [3.05, 3.63) is 29.6 Å². The van der Waals surface area contributed by atoms with Crippen molar-refractivity contribution in [2.24, 2.45) is 0 Å². The quantitative estimate of drug-likeness (QED) is 0.828. The summed E-state index contributed by atoms with van der Waals surface area (Å²) < 4.78 is 0.553. The van der Waals surface area contributed by atoms with E-state index in [1.165, 1.54) is 24.0 Å². The molecule has 1 aromatic heterocycles. The fourth-order valence-electron chi connectivity index (χ4n) is 1.74. The maximum atomic E-state index is 4.19. The summed E-state index contributed by atoms with van der Waals surface area (Å²) in [5.74, 6) is 0. The van der Waals surface area contributed by atoms with Gasteiger partial charge in [-0.1, -0.05) is 6.07 Å². The van der Waals surface area contributed by atoms with Crippen LogP contribution in [0.15, 0.2) is 18.5 Å². The number of aromatic nitrogens is 1. The highest BCUT2D eigenvalue weighted by Crippen LogP contribution is 2.46. The zero-order chi connectivity index (χ0) is 10.7. The molecule has 1 saturated carbocycles. The Morgan fingerprint density at radius 2 is 2.27 bits per heavy atom. The molecular weight excluding hydrogens is 204 g/mol. The number of pyridine rings is 1. The summed E-state index contributed by atoms with van der Waals surface area (Å²) in [6.45, 7) is 4.15. The molecule has 0 bridgehead atoms. The van der Waals surface area contributed by atoms with Crippen LogP contribution in [0.1, 0.15) is 24.0 Å². The Labute approximate surface area is 95.9 Å². The molecule has 3 heteroatoms. The molecule has 0 aromatic carbocycles. The van der Waals surface area contributed by atoms with Gasteiger partial charge in [0.05, 0.1) is 0 Å². The van der Waals surface area contributed by atoms with Crippen LogP contribution in [0, 0.1) is 6.92 Å². The molecule has 0 saturated heterocycles. The van der Waals surface area contributed by atoms with E-state index in [-0.39, 0.29) is 0 Å². The highest BCUT2D eigenvalue weighted by Gasteiger charge is 2.41. The lowest BCUT2D eigenvalue weighted by Crippen LogP contribution is -2.25. The predicted octanol–water partition coefficient (Wildman–Crippen LogP) is 2.38. The summed E-state index contributed by atoms with van der Waals surface area (Å²) in [5.41, 5.74) is 2.52. The fraction of sp³-hybridized carbons (Fsp3) is 0.583. The van der Waals surface area contributed by atoms with E-state index in [0.717, 1.165) is 13.1 Å². The van der Waals surface area contributed by atoms with Crippen molar-refractivity contribution in [3.8, 4) is 0 Å². The van der Waals surface area contributed by atoms with Crippen LogP contribution in [-0.2, 0) is 6.54 Å². The van der Waals surface area contributed by atoms with Gasteiger partial charge in [-0.3, -0.25) is 4.98 Å². The Morgan fingerprint density at radius 1 is 1.47 bits per heavy atom. The van der Waals surface area contributed by atoms with Crippen molar-refractivity contribution in [2.45, 2.75) is 31.1 Å². The van der Waals surface area contributed by atoms with Gasteiger partial charge in [-0.25, -0.2) is 0 Å². The molecule has 1 aliphatic carbocycles. The molecule has 0 aliphatic heterocycles. The monoisotopic (exact) mass is 222 g/mol. The zero-order valence-corrected chi connectivity index (χ0v) is 10.2. The molecule has 0 spiro atoms. The summed E-state index contributed by atoms with van der Waals surface area (Å²) in [4.78, 5) is 4.19. The Balaban J connectivity index is 1.78. The van der Waals surface area contributed by atoms with Crippen LogP contribution in [0.25, 0.3) is 0 Å². The first-order chi connectivity index (χ1) is 7.24. The summed E-state index contributed by atoms with van der Waals surface area (Å²) in [6, 6.07) is 2.19. The van der Waals surface area contributed by atoms with Gasteiger partial charge in [0.2, 0.25) is 0 Å². The minimum Gasteiger partial charge on any atom is -0.311 e. The van der Waals surface area contributed by atoms with E-state index in [4.69, 9.17) is 0 Å². The van der Waals surface area contributed by atoms with Crippen LogP contribution in [-0.4, -0.2) is 22.5 Å². The van der Waals surface area contributed by atoms with E-state index in [9.17, 15) is 0 Å². The second-order valence-corrected chi connectivity index (χ2v) is 5.64. The van der Waals surface area contributed by atoms with E-state index < -0.39 is 0 Å². The molecule has 82 valence electrons. The van der Waals surface area contributed by atoms with Crippen molar-refractivity contribution >= 4 is 11.8 Å². The second-order valence-electron chi connectivity index (χ2n) is 4.36. The molecule has 0 atom stereocenters. The largest absolute Gasteiger partial charge is 0.311 e. The van der Waals surface area contributed by atoms with Gasteiger partial charge in [0.1, 0.15) is 0 Å². The van der Waals surface area contributed by atoms with Crippen molar-refractivity contribution in [1.29, 1.82) is 0 Å². The third kappa shape index (κ3) is 2.95. The highest BCUT2D eigenvalue weighted by molar-refractivity contribution is 8.00. The molecule has 2 rings (SSSR count). The minimum atomic E-state index is 0.553. The van der Waals surface area contributed by atoms with E-state index in [1.54, 1.807) is 0 Å². The van der Waals surface area contributed by atoms with E-state index in [0.29, 0.717) is 4.75 Å². The van der Waals surface area contributed by atoms with Crippen molar-refractivity contribution in [1.82, 2.24) is 10.3 Å². The van der Waals surface area contributed by atoms with Gasteiger partial charge in [-0.2, -0.15) is 11.8 Å². The molecule has 0 radical (unpaired) electrons. The Bertz CT molecular complexity index is 334. The fourth-order valence-corrected chi connectivity index (χ4v) is 2.50. The molecule has 1 fully saturated rings. The van der Waals surface area contributed by atoms with Gasteiger partial charge in [0.25, 0.3) is 0 Å². The first-order valence-electron chi connectivity index (χ1n) is 5.40. The Hall–Kier alpha value is -0.540. The summed E-state index contributed by atoms with van der Waals surface area (Å²) in [5, 5.41) is 3.52. The number of nitrogens with zero attached hydrogens (tertiary/aromatic N) is 1. The standard InChI is InChI=1S/C12H18N2S/c1-10-5-11(7-13-6-10)8-14-9-12(15-2)3-4-12/h5-7,14H,3-4,8-9H2,1-2H3. The van der Waals surface area contributed by atoms with Crippen LogP contribution in [0.3, 0.4) is 0 Å². The van der Waals surface area contributed by atoms with Crippen LogP contribution in [0.5, 0.6) is 0 Å². The van der Waals surface area contributed by atoms with Gasteiger partial charge in [0.15, 0.2) is 0 Å². The van der Waals surface area contributed by atoms with E-state index in [2.05, 4.69) is 29.5 Å². The van der Waals surface area contributed by atoms with Gasteiger partial charge in [-0.15, -0.1) is 0 Å². The average molecular weight is 222 g/mol. The number of hydrogen-bond acceptors (Lipinski definition) is 3. The lowest BCUT2D eigenvalue weighted by atomic mass is 10.2. The SMILES string of the molecule is CSC1(CNCc2cncc(C)c2)CC1. The molecule has 1 N–H and O–H groups in total. The summed E-state index contributed by atoms with van der Waals surface area (Å²) in [6.07, 6.45) is 8.79. The maximum Gasteiger partial charge on any atom is 0.0313 e. The topological polar surface area (TPSA) is 24.9 Å². The molecule has 15 heavy (non-hydrogen) atoms. The maximum absolute atomic E-state index is 4.19. The van der Waals surface area contributed by atoms with Crippen molar-refractivity contribution in [3.63, 3.8) is 0 Å². The van der Waals surface area contributed by atoms with Crippen molar-refractivity contribution in [2.75, 3.05) is 12.8 Å². The minimum absolute atomic E-state index is 0.553. The first kappa shape index (κ1) is 11.0. The van der Waals surface area contributed by atoms with Crippen LogP contribution in [0.4, 0.5) is 0 Å². The number of thioether (sulfide) groups is 1. The molecular formula is C12H18N2S. The van der Waals surface area contributed by atoms with E-state index in [1.807, 2.05) is 24.2 Å². The molecule has 0 amide bonds. The molecule has 1 aromatic rings. The Kier molecular flexibility index (Phi) is 3.32.